The molecule has 0 aliphatic carbocycles. The molecule has 1 aromatic rings. The summed E-state index contributed by atoms with van der Waals surface area (Å²) in [6, 6.07) is 1.13. The molecule has 0 saturated heterocycles. The van der Waals surface area contributed by atoms with Crippen molar-refractivity contribution in [1.82, 2.24) is 5.32 Å². The highest BCUT2D eigenvalue weighted by Crippen LogP contribution is 2.22. The maximum Gasteiger partial charge on any atom is 0.338 e. The van der Waals surface area contributed by atoms with Gasteiger partial charge in [0.1, 0.15) is 5.00 Å². The molecule has 0 bridgehead atoms. The maximum absolute atomic E-state index is 11.6. The number of unbranched alkanes of at least 4 members (excludes halogenated alkanes) is 3. The fourth-order valence-corrected chi connectivity index (χ4v) is 2.92. The molecule has 1 rings (SSSR count). The van der Waals surface area contributed by atoms with Gasteiger partial charge in [0.25, 0.3) is 0 Å². The van der Waals surface area contributed by atoms with E-state index in [2.05, 4.69) is 16.9 Å². The van der Waals surface area contributed by atoms with Crippen molar-refractivity contribution in [3.8, 4) is 0 Å². The van der Waals surface area contributed by atoms with Gasteiger partial charge in [0.2, 0.25) is 0 Å². The number of urea groups is 1. The number of hydrogen-bond donors (Lipinski definition) is 3. The molecular formula is C13H20N2O3S2. The molecule has 0 radical (unpaired) electrons. The first kappa shape index (κ1) is 16.8. The first-order valence-corrected chi connectivity index (χ1v) is 8.77. The molecule has 0 fully saturated rings. The Bertz CT molecular complexity index is 435. The minimum Gasteiger partial charge on any atom is -0.478 e. The maximum atomic E-state index is 11.6. The minimum atomic E-state index is -1.03. The van der Waals surface area contributed by atoms with Crippen molar-refractivity contribution >= 4 is 40.1 Å². The zero-order valence-electron chi connectivity index (χ0n) is 11.5. The van der Waals surface area contributed by atoms with E-state index < -0.39 is 5.97 Å². The van der Waals surface area contributed by atoms with Crippen LogP contribution in [0.5, 0.6) is 0 Å². The van der Waals surface area contributed by atoms with E-state index in [9.17, 15) is 9.59 Å². The van der Waals surface area contributed by atoms with E-state index in [1.54, 1.807) is 5.38 Å². The first-order valence-electron chi connectivity index (χ1n) is 6.49. The summed E-state index contributed by atoms with van der Waals surface area (Å²) >= 11 is 3.05. The average Bonchev–Trinajstić information content (AvgIpc) is 2.86. The van der Waals surface area contributed by atoms with Gasteiger partial charge < -0.3 is 10.4 Å². The van der Waals surface area contributed by atoms with Gasteiger partial charge in [0.15, 0.2) is 0 Å². The van der Waals surface area contributed by atoms with Crippen molar-refractivity contribution in [2.75, 3.05) is 23.9 Å². The van der Waals surface area contributed by atoms with Gasteiger partial charge >= 0.3 is 12.0 Å². The molecule has 0 saturated carbocycles. The molecule has 0 aliphatic heterocycles. The fraction of sp³-hybridized carbons (Fsp3) is 0.538. The summed E-state index contributed by atoms with van der Waals surface area (Å²) in [5.74, 6) is 0.153. The number of thioether (sulfide) groups is 1. The highest BCUT2D eigenvalue weighted by Gasteiger charge is 2.13. The lowest BCUT2D eigenvalue weighted by Gasteiger charge is -2.06. The molecule has 0 aromatic carbocycles. The van der Waals surface area contributed by atoms with E-state index in [1.807, 2.05) is 11.8 Å². The summed E-state index contributed by atoms with van der Waals surface area (Å²) in [5, 5.41) is 16.2. The number of hydrogen-bond acceptors (Lipinski definition) is 4. The number of amides is 2. The van der Waals surface area contributed by atoms with Gasteiger partial charge in [-0.25, -0.2) is 9.59 Å². The van der Waals surface area contributed by atoms with Gasteiger partial charge in [0.05, 0.1) is 5.56 Å². The molecule has 7 heteroatoms. The number of thiophene rings is 1. The summed E-state index contributed by atoms with van der Waals surface area (Å²) in [6.07, 6.45) is 6.53. The van der Waals surface area contributed by atoms with E-state index in [0.717, 1.165) is 12.8 Å². The second-order valence-electron chi connectivity index (χ2n) is 4.26. The number of nitrogens with one attached hydrogen (secondary N) is 2. The van der Waals surface area contributed by atoms with Crippen molar-refractivity contribution < 1.29 is 14.7 Å². The second-order valence-corrected chi connectivity index (χ2v) is 6.16. The lowest BCUT2D eigenvalue weighted by molar-refractivity contribution is 0.0698. The Morgan fingerprint density at radius 2 is 2.05 bits per heavy atom. The van der Waals surface area contributed by atoms with Crippen molar-refractivity contribution in [2.45, 2.75) is 25.7 Å². The lowest BCUT2D eigenvalue weighted by Crippen LogP contribution is -2.29. The van der Waals surface area contributed by atoms with E-state index in [0.29, 0.717) is 11.5 Å². The summed E-state index contributed by atoms with van der Waals surface area (Å²) < 4.78 is 0. The topological polar surface area (TPSA) is 78.4 Å². The molecule has 1 aromatic heterocycles. The predicted molar refractivity (Wildman–Crippen MR) is 85.1 cm³/mol. The number of carboxylic acids is 1. The van der Waals surface area contributed by atoms with Crippen molar-refractivity contribution in [2.24, 2.45) is 0 Å². The molecule has 3 N–H and O–H groups in total. The molecule has 20 heavy (non-hydrogen) atoms. The number of carbonyl (C=O) groups is 2. The normalized spacial score (nSPS) is 10.2. The molecule has 0 unspecified atom stereocenters. The largest absolute Gasteiger partial charge is 0.478 e. The predicted octanol–water partition coefficient (Wildman–Crippen LogP) is 3.49. The average molecular weight is 316 g/mol. The van der Waals surface area contributed by atoms with Crippen LogP contribution in [0.2, 0.25) is 0 Å². The van der Waals surface area contributed by atoms with E-state index in [4.69, 9.17) is 5.11 Å². The van der Waals surface area contributed by atoms with Crippen molar-refractivity contribution in [1.29, 1.82) is 0 Å². The highest BCUT2D eigenvalue weighted by atomic mass is 32.2. The molecule has 1 heterocycles. The third kappa shape index (κ3) is 6.29. The Morgan fingerprint density at radius 1 is 1.30 bits per heavy atom. The van der Waals surface area contributed by atoms with Gasteiger partial charge in [-0.2, -0.15) is 11.8 Å². The number of anilines is 1. The van der Waals surface area contributed by atoms with Gasteiger partial charge in [0, 0.05) is 6.54 Å². The third-order valence-corrected chi connectivity index (χ3v) is 4.21. The molecule has 0 aliphatic rings. The van der Waals surface area contributed by atoms with Crippen LogP contribution in [0.15, 0.2) is 11.4 Å². The summed E-state index contributed by atoms with van der Waals surface area (Å²) in [7, 11) is 0. The quantitative estimate of drug-likeness (QED) is 0.609. The smallest absolute Gasteiger partial charge is 0.338 e. The Morgan fingerprint density at radius 3 is 2.75 bits per heavy atom. The van der Waals surface area contributed by atoms with Crippen LogP contribution in [-0.4, -0.2) is 35.7 Å². The second kappa shape index (κ2) is 9.66. The van der Waals surface area contributed by atoms with Gasteiger partial charge in [-0.3, -0.25) is 5.32 Å². The number of aromatic carboxylic acids is 1. The Hall–Kier alpha value is -1.21. The van der Waals surface area contributed by atoms with E-state index in [-0.39, 0.29) is 11.6 Å². The van der Waals surface area contributed by atoms with Crippen molar-refractivity contribution in [3.63, 3.8) is 0 Å². The van der Waals surface area contributed by atoms with Crippen LogP contribution in [0.1, 0.15) is 36.0 Å². The molecule has 5 nitrogen and oxygen atoms in total. The van der Waals surface area contributed by atoms with Crippen molar-refractivity contribution in [3.05, 3.63) is 17.0 Å². The number of carboxylic acid groups (broad SMARTS) is 1. The summed E-state index contributed by atoms with van der Waals surface area (Å²) in [4.78, 5) is 22.5. The van der Waals surface area contributed by atoms with Crippen LogP contribution in [0.4, 0.5) is 9.80 Å². The van der Waals surface area contributed by atoms with Crippen LogP contribution < -0.4 is 10.6 Å². The molecular weight excluding hydrogens is 296 g/mol. The van der Waals surface area contributed by atoms with Gasteiger partial charge in [-0.1, -0.05) is 12.8 Å². The molecule has 0 spiro atoms. The molecule has 2 amide bonds. The van der Waals surface area contributed by atoms with Crippen LogP contribution in [0, 0.1) is 0 Å². The highest BCUT2D eigenvalue weighted by molar-refractivity contribution is 7.98. The zero-order chi connectivity index (χ0) is 14.8. The summed E-state index contributed by atoms with van der Waals surface area (Å²) in [6.45, 7) is 0.610. The minimum absolute atomic E-state index is 0.127. The molecule has 0 atom stereocenters. The van der Waals surface area contributed by atoms with Crippen LogP contribution in [0.3, 0.4) is 0 Å². The summed E-state index contributed by atoms with van der Waals surface area (Å²) in [5.41, 5.74) is 0.127. The SMILES string of the molecule is CSCCCCCCNC(=O)Nc1sccc1C(=O)O. The molecule has 112 valence electrons. The Labute approximate surface area is 127 Å². The van der Waals surface area contributed by atoms with E-state index in [1.165, 1.54) is 36.0 Å². The third-order valence-electron chi connectivity index (χ3n) is 2.68. The Kier molecular flexibility index (Phi) is 8.13. The van der Waals surface area contributed by atoms with Gasteiger partial charge in [-0.15, -0.1) is 11.3 Å². The number of rotatable bonds is 9. The standard InChI is InChI=1S/C13H20N2O3S2/c1-19-8-5-3-2-4-7-14-13(18)15-11-10(12(16)17)6-9-20-11/h6,9H,2-5,7-8H2,1H3,(H,16,17)(H2,14,15,18). The van der Waals surface area contributed by atoms with Gasteiger partial charge in [-0.05, 0) is 36.3 Å². The Balaban J connectivity index is 2.17. The first-order chi connectivity index (χ1) is 9.65. The van der Waals surface area contributed by atoms with E-state index >= 15 is 0 Å². The number of carbonyl (C=O) groups excluding carboxylic acids is 1. The van der Waals surface area contributed by atoms with Crippen LogP contribution in [-0.2, 0) is 0 Å². The lowest BCUT2D eigenvalue weighted by atomic mass is 10.2. The monoisotopic (exact) mass is 316 g/mol. The zero-order valence-corrected chi connectivity index (χ0v) is 13.1. The van der Waals surface area contributed by atoms with Crippen LogP contribution in [0.25, 0.3) is 0 Å². The fourth-order valence-electron chi connectivity index (χ4n) is 1.65. The van der Waals surface area contributed by atoms with Crippen LogP contribution >= 0.6 is 23.1 Å².